The molecular weight excluding hydrogens is 639 g/mol. The van der Waals surface area contributed by atoms with Crippen molar-refractivity contribution in [3.05, 3.63) is 188 Å². The maximum atomic E-state index is 2.54. The van der Waals surface area contributed by atoms with E-state index in [-0.39, 0.29) is 0 Å². The minimum Gasteiger partial charge on any atom is -0.309 e. The zero-order chi connectivity index (χ0) is 35.1. The predicted molar refractivity (Wildman–Crippen MR) is 228 cm³/mol. The summed E-state index contributed by atoms with van der Waals surface area (Å²) >= 11 is 0. The van der Waals surface area contributed by atoms with Crippen LogP contribution in [0.15, 0.2) is 182 Å². The SMILES string of the molecule is c1ccc(N(c2ccccc2-c2cccc3cccc(C4CCCCC4)c23)c2cccc3ccccc23)c(-c2cccc3c2ccc2ccccc23)c1. The molecule has 0 unspecified atom stereocenters. The van der Waals surface area contributed by atoms with Gasteiger partial charge in [-0.15, -0.1) is 0 Å². The zero-order valence-corrected chi connectivity index (χ0v) is 29.9. The molecule has 1 nitrogen and oxygen atoms in total. The number of benzene rings is 9. The van der Waals surface area contributed by atoms with Crippen molar-refractivity contribution in [1.29, 1.82) is 0 Å². The molecule has 0 radical (unpaired) electrons. The van der Waals surface area contributed by atoms with Gasteiger partial charge in [0.15, 0.2) is 0 Å². The van der Waals surface area contributed by atoms with Crippen LogP contribution in [0.1, 0.15) is 43.6 Å². The standard InChI is InChI=1S/C52H41N/c1-2-16-37(17-3-1)42-27-12-21-39-22-13-30-48(52(39)42)47-26-9-11-32-51(47)53(49-33-14-20-36-18-5-7-24-41(36)49)50-31-10-8-25-46(50)44-29-15-28-43-40-23-6-4-19-38(40)34-35-45(43)44/h4-15,18-35,37H,1-3,16-17H2. The van der Waals surface area contributed by atoms with Gasteiger partial charge in [0, 0.05) is 16.5 Å². The second-order valence-corrected chi connectivity index (χ2v) is 14.6. The summed E-state index contributed by atoms with van der Waals surface area (Å²) in [5, 5.41) is 10.3. The summed E-state index contributed by atoms with van der Waals surface area (Å²) in [6.45, 7) is 0. The molecule has 0 saturated heterocycles. The molecule has 9 aromatic carbocycles. The van der Waals surface area contributed by atoms with Crippen molar-refractivity contribution in [1.82, 2.24) is 0 Å². The Balaban J connectivity index is 1.26. The molecule has 1 aliphatic carbocycles. The Kier molecular flexibility index (Phi) is 7.99. The number of rotatable bonds is 6. The van der Waals surface area contributed by atoms with Crippen molar-refractivity contribution in [2.45, 2.75) is 38.0 Å². The Labute approximate surface area is 311 Å². The average molecular weight is 680 g/mol. The van der Waals surface area contributed by atoms with Crippen LogP contribution in [0.5, 0.6) is 0 Å². The van der Waals surface area contributed by atoms with E-state index < -0.39 is 0 Å². The van der Waals surface area contributed by atoms with Gasteiger partial charge in [-0.1, -0.05) is 183 Å². The number of nitrogens with zero attached hydrogens (tertiary/aromatic N) is 1. The monoisotopic (exact) mass is 679 g/mol. The molecule has 0 atom stereocenters. The number of para-hydroxylation sites is 2. The topological polar surface area (TPSA) is 3.24 Å². The van der Waals surface area contributed by atoms with Gasteiger partial charge in [-0.05, 0) is 91.4 Å². The summed E-state index contributed by atoms with van der Waals surface area (Å²) in [5.41, 5.74) is 9.99. The zero-order valence-electron chi connectivity index (χ0n) is 29.9. The molecule has 254 valence electrons. The van der Waals surface area contributed by atoms with Crippen LogP contribution >= 0.6 is 0 Å². The molecular formula is C52H41N. The Morgan fingerprint density at radius 1 is 0.321 bits per heavy atom. The first-order valence-corrected chi connectivity index (χ1v) is 19.2. The molecule has 1 fully saturated rings. The lowest BCUT2D eigenvalue weighted by Crippen LogP contribution is -2.13. The Bertz CT molecular complexity index is 2780. The lowest BCUT2D eigenvalue weighted by Gasteiger charge is -2.31. The summed E-state index contributed by atoms with van der Waals surface area (Å²) in [6, 6.07) is 67.6. The van der Waals surface area contributed by atoms with Crippen molar-refractivity contribution >= 4 is 60.2 Å². The molecule has 0 heterocycles. The van der Waals surface area contributed by atoms with Crippen LogP contribution in [0.25, 0.3) is 65.3 Å². The molecule has 0 spiro atoms. The van der Waals surface area contributed by atoms with E-state index in [4.69, 9.17) is 0 Å². The van der Waals surface area contributed by atoms with Gasteiger partial charge < -0.3 is 4.90 Å². The lowest BCUT2D eigenvalue weighted by atomic mass is 9.80. The highest BCUT2D eigenvalue weighted by Crippen LogP contribution is 2.49. The van der Waals surface area contributed by atoms with E-state index in [1.807, 2.05) is 0 Å². The minimum atomic E-state index is 0.595. The molecule has 0 N–H and O–H groups in total. The van der Waals surface area contributed by atoms with E-state index in [0.29, 0.717) is 5.92 Å². The van der Waals surface area contributed by atoms with Crippen molar-refractivity contribution in [3.8, 4) is 22.3 Å². The lowest BCUT2D eigenvalue weighted by molar-refractivity contribution is 0.445. The third-order valence-electron chi connectivity index (χ3n) is 11.6. The van der Waals surface area contributed by atoms with Crippen LogP contribution in [0.2, 0.25) is 0 Å². The first kappa shape index (κ1) is 31.5. The maximum Gasteiger partial charge on any atom is 0.0540 e. The Morgan fingerprint density at radius 3 is 1.62 bits per heavy atom. The molecule has 1 aliphatic rings. The highest BCUT2D eigenvalue weighted by Gasteiger charge is 2.25. The summed E-state index contributed by atoms with van der Waals surface area (Å²) < 4.78 is 0. The minimum absolute atomic E-state index is 0.595. The fourth-order valence-corrected chi connectivity index (χ4v) is 9.21. The van der Waals surface area contributed by atoms with Gasteiger partial charge in [0.2, 0.25) is 0 Å². The van der Waals surface area contributed by atoms with Crippen molar-refractivity contribution < 1.29 is 0 Å². The number of hydrogen-bond donors (Lipinski definition) is 0. The van der Waals surface area contributed by atoms with E-state index in [9.17, 15) is 0 Å². The first-order chi connectivity index (χ1) is 26.3. The van der Waals surface area contributed by atoms with Crippen molar-refractivity contribution in [2.75, 3.05) is 4.90 Å². The third-order valence-corrected chi connectivity index (χ3v) is 11.6. The Hall–Kier alpha value is -6.18. The fraction of sp³-hybridized carbons (Fsp3) is 0.115. The van der Waals surface area contributed by atoms with Gasteiger partial charge in [0.05, 0.1) is 17.1 Å². The summed E-state index contributed by atoms with van der Waals surface area (Å²) in [5.74, 6) is 0.595. The molecule has 0 amide bonds. The molecule has 1 heteroatoms. The van der Waals surface area contributed by atoms with Crippen LogP contribution < -0.4 is 4.90 Å². The average Bonchev–Trinajstić information content (AvgIpc) is 3.24. The molecule has 1 saturated carbocycles. The summed E-state index contributed by atoms with van der Waals surface area (Å²) in [6.07, 6.45) is 6.52. The van der Waals surface area contributed by atoms with E-state index in [0.717, 1.165) is 5.69 Å². The van der Waals surface area contributed by atoms with Gasteiger partial charge in [0.1, 0.15) is 0 Å². The molecule has 10 rings (SSSR count). The predicted octanol–water partition coefficient (Wildman–Crippen LogP) is 15.2. The van der Waals surface area contributed by atoms with Crippen LogP contribution in [0.4, 0.5) is 17.1 Å². The van der Waals surface area contributed by atoms with Gasteiger partial charge in [-0.3, -0.25) is 0 Å². The van der Waals surface area contributed by atoms with E-state index in [1.165, 1.54) is 114 Å². The summed E-state index contributed by atoms with van der Waals surface area (Å²) in [7, 11) is 0. The number of anilines is 3. The molecule has 9 aromatic rings. The van der Waals surface area contributed by atoms with E-state index >= 15 is 0 Å². The fourth-order valence-electron chi connectivity index (χ4n) is 9.21. The summed E-state index contributed by atoms with van der Waals surface area (Å²) in [4.78, 5) is 2.54. The van der Waals surface area contributed by atoms with Gasteiger partial charge in [0.25, 0.3) is 0 Å². The van der Waals surface area contributed by atoms with Crippen LogP contribution in [0, 0.1) is 0 Å². The molecule has 0 bridgehead atoms. The van der Waals surface area contributed by atoms with Crippen LogP contribution in [-0.4, -0.2) is 0 Å². The normalized spacial score (nSPS) is 13.6. The first-order valence-electron chi connectivity index (χ1n) is 19.2. The van der Waals surface area contributed by atoms with Gasteiger partial charge in [-0.2, -0.15) is 0 Å². The largest absolute Gasteiger partial charge is 0.309 e. The Morgan fingerprint density at radius 2 is 0.830 bits per heavy atom. The van der Waals surface area contributed by atoms with Crippen LogP contribution in [0.3, 0.4) is 0 Å². The van der Waals surface area contributed by atoms with Crippen LogP contribution in [-0.2, 0) is 0 Å². The molecule has 53 heavy (non-hydrogen) atoms. The highest BCUT2D eigenvalue weighted by atomic mass is 15.1. The molecule has 0 aliphatic heterocycles. The quantitative estimate of drug-likeness (QED) is 0.158. The third kappa shape index (κ3) is 5.47. The maximum absolute atomic E-state index is 2.54. The van der Waals surface area contributed by atoms with Gasteiger partial charge in [-0.25, -0.2) is 0 Å². The number of hydrogen-bond acceptors (Lipinski definition) is 1. The van der Waals surface area contributed by atoms with E-state index in [2.05, 4.69) is 187 Å². The highest BCUT2D eigenvalue weighted by molar-refractivity contribution is 6.14. The van der Waals surface area contributed by atoms with Gasteiger partial charge >= 0.3 is 0 Å². The smallest absolute Gasteiger partial charge is 0.0540 e. The number of fused-ring (bicyclic) bond motifs is 5. The molecule has 0 aromatic heterocycles. The van der Waals surface area contributed by atoms with Crippen molar-refractivity contribution in [3.63, 3.8) is 0 Å². The van der Waals surface area contributed by atoms with Crippen molar-refractivity contribution in [2.24, 2.45) is 0 Å². The second kappa shape index (κ2) is 13.4. The van der Waals surface area contributed by atoms with E-state index in [1.54, 1.807) is 0 Å². The second-order valence-electron chi connectivity index (χ2n) is 14.6.